The molecule has 0 amide bonds. The molecule has 26 heavy (non-hydrogen) atoms. The van der Waals surface area contributed by atoms with Gasteiger partial charge in [-0.2, -0.15) is 11.8 Å². The molecule has 0 radical (unpaired) electrons. The Balaban J connectivity index is 0.00000243. The SMILES string of the molecule is CCNC(=NCc1cc(F)cc2c1OCOC2)NCC1(C)CCCS1.I. The van der Waals surface area contributed by atoms with E-state index in [-0.39, 0.29) is 41.3 Å². The molecule has 1 saturated heterocycles. The molecule has 0 bridgehead atoms. The second kappa shape index (κ2) is 9.98. The van der Waals surface area contributed by atoms with Crippen LogP contribution in [0.4, 0.5) is 4.39 Å². The molecular formula is C18H27FIN3O2S. The van der Waals surface area contributed by atoms with Crippen molar-refractivity contribution in [2.75, 3.05) is 25.6 Å². The summed E-state index contributed by atoms with van der Waals surface area (Å²) in [7, 11) is 0. The predicted octanol–water partition coefficient (Wildman–Crippen LogP) is 3.65. The van der Waals surface area contributed by atoms with Crippen molar-refractivity contribution in [2.45, 2.75) is 44.6 Å². The van der Waals surface area contributed by atoms with Crippen molar-refractivity contribution < 1.29 is 13.9 Å². The van der Waals surface area contributed by atoms with Gasteiger partial charge in [-0.3, -0.25) is 0 Å². The molecule has 8 heteroatoms. The fourth-order valence-electron chi connectivity index (χ4n) is 3.13. The molecule has 3 rings (SSSR count). The Morgan fingerprint density at radius 1 is 1.38 bits per heavy atom. The maximum Gasteiger partial charge on any atom is 0.191 e. The summed E-state index contributed by atoms with van der Waals surface area (Å²) in [4.78, 5) is 4.62. The molecule has 5 nitrogen and oxygen atoms in total. The predicted molar refractivity (Wildman–Crippen MR) is 115 cm³/mol. The summed E-state index contributed by atoms with van der Waals surface area (Å²) in [6.07, 6.45) is 2.49. The number of halogens is 2. The Bertz CT molecular complexity index is 639. The van der Waals surface area contributed by atoms with Gasteiger partial charge in [0.15, 0.2) is 12.8 Å². The van der Waals surface area contributed by atoms with Gasteiger partial charge in [-0.05, 0) is 44.6 Å². The average Bonchev–Trinajstić information content (AvgIpc) is 3.04. The van der Waals surface area contributed by atoms with E-state index in [2.05, 4.69) is 22.5 Å². The maximum atomic E-state index is 13.8. The van der Waals surface area contributed by atoms with Gasteiger partial charge in [-0.15, -0.1) is 24.0 Å². The molecular weight excluding hydrogens is 468 g/mol. The molecule has 2 heterocycles. The molecule has 1 aromatic rings. The van der Waals surface area contributed by atoms with Crippen LogP contribution in [-0.4, -0.2) is 36.3 Å². The second-order valence-electron chi connectivity index (χ2n) is 6.61. The van der Waals surface area contributed by atoms with Crippen molar-refractivity contribution in [3.05, 3.63) is 29.1 Å². The summed E-state index contributed by atoms with van der Waals surface area (Å²) < 4.78 is 24.9. The van der Waals surface area contributed by atoms with E-state index in [1.807, 2.05) is 18.7 Å². The molecule has 2 N–H and O–H groups in total. The monoisotopic (exact) mass is 495 g/mol. The lowest BCUT2D eigenvalue weighted by atomic mass is 10.1. The summed E-state index contributed by atoms with van der Waals surface area (Å²) in [5.41, 5.74) is 1.49. The Labute approximate surface area is 175 Å². The molecule has 2 aliphatic rings. The highest BCUT2D eigenvalue weighted by molar-refractivity contribution is 14.0. The summed E-state index contributed by atoms with van der Waals surface area (Å²) in [6, 6.07) is 2.95. The van der Waals surface area contributed by atoms with Crippen molar-refractivity contribution in [1.82, 2.24) is 10.6 Å². The number of ether oxygens (including phenoxy) is 2. The molecule has 2 aliphatic heterocycles. The zero-order valence-electron chi connectivity index (χ0n) is 15.3. The number of benzene rings is 1. The van der Waals surface area contributed by atoms with Crippen LogP contribution in [0.2, 0.25) is 0 Å². The van der Waals surface area contributed by atoms with Gasteiger partial charge in [-0.25, -0.2) is 9.38 Å². The van der Waals surface area contributed by atoms with E-state index in [1.54, 1.807) is 0 Å². The number of rotatable bonds is 5. The van der Waals surface area contributed by atoms with E-state index >= 15 is 0 Å². The number of guanidine groups is 1. The Morgan fingerprint density at radius 3 is 2.96 bits per heavy atom. The third-order valence-electron chi connectivity index (χ3n) is 4.43. The molecule has 1 aromatic carbocycles. The fourth-order valence-corrected chi connectivity index (χ4v) is 4.37. The Kier molecular flexibility index (Phi) is 8.28. The van der Waals surface area contributed by atoms with Gasteiger partial charge >= 0.3 is 0 Å². The number of hydrogen-bond donors (Lipinski definition) is 2. The van der Waals surface area contributed by atoms with E-state index < -0.39 is 0 Å². The fraction of sp³-hybridized carbons (Fsp3) is 0.611. The van der Waals surface area contributed by atoms with E-state index in [1.165, 1.54) is 30.7 Å². The largest absolute Gasteiger partial charge is 0.467 e. The summed E-state index contributed by atoms with van der Waals surface area (Å²) >= 11 is 2.01. The Morgan fingerprint density at radius 2 is 2.23 bits per heavy atom. The van der Waals surface area contributed by atoms with Crippen LogP contribution >= 0.6 is 35.7 Å². The maximum absolute atomic E-state index is 13.8. The highest BCUT2D eigenvalue weighted by Crippen LogP contribution is 2.37. The summed E-state index contributed by atoms with van der Waals surface area (Å²) in [5, 5.41) is 6.69. The number of aliphatic imine (C=N–C) groups is 1. The number of hydrogen-bond acceptors (Lipinski definition) is 4. The lowest BCUT2D eigenvalue weighted by Crippen LogP contribution is -2.43. The molecule has 1 atom stereocenters. The third kappa shape index (κ3) is 5.63. The summed E-state index contributed by atoms with van der Waals surface area (Å²) in [5.74, 6) is 2.39. The van der Waals surface area contributed by atoms with Crippen LogP contribution in [0.1, 0.15) is 37.8 Å². The van der Waals surface area contributed by atoms with Gasteiger partial charge in [0.05, 0.1) is 13.2 Å². The van der Waals surface area contributed by atoms with Crippen molar-refractivity contribution in [3.63, 3.8) is 0 Å². The molecule has 1 fully saturated rings. The van der Waals surface area contributed by atoms with E-state index in [4.69, 9.17) is 9.47 Å². The highest BCUT2D eigenvalue weighted by atomic mass is 127. The van der Waals surface area contributed by atoms with Crippen molar-refractivity contribution >= 4 is 41.7 Å². The third-order valence-corrected chi connectivity index (χ3v) is 5.97. The first-order valence-corrected chi connectivity index (χ1v) is 9.76. The van der Waals surface area contributed by atoms with Crippen LogP contribution in [0.5, 0.6) is 5.75 Å². The molecule has 146 valence electrons. The van der Waals surface area contributed by atoms with Crippen LogP contribution in [0.25, 0.3) is 0 Å². The lowest BCUT2D eigenvalue weighted by Gasteiger charge is -2.24. The minimum Gasteiger partial charge on any atom is -0.467 e. The van der Waals surface area contributed by atoms with Gasteiger partial charge in [0.2, 0.25) is 0 Å². The topological polar surface area (TPSA) is 54.9 Å². The van der Waals surface area contributed by atoms with E-state index in [0.29, 0.717) is 18.9 Å². The quantitative estimate of drug-likeness (QED) is 0.371. The van der Waals surface area contributed by atoms with Crippen LogP contribution in [0.15, 0.2) is 17.1 Å². The van der Waals surface area contributed by atoms with Crippen LogP contribution in [0.3, 0.4) is 0 Å². The first kappa shape index (κ1) is 21.6. The average molecular weight is 495 g/mol. The standard InChI is InChI=1S/C18H26FN3O2S.HI/c1-3-20-17(22-11-18(2)5-4-6-25-18)21-9-13-7-15(19)8-14-10-23-12-24-16(13)14;/h7-8H,3-6,9-12H2,1-2H3,(H2,20,21,22);1H. The first-order valence-electron chi connectivity index (χ1n) is 8.77. The highest BCUT2D eigenvalue weighted by Gasteiger charge is 2.29. The minimum atomic E-state index is -0.286. The van der Waals surface area contributed by atoms with Crippen LogP contribution in [0, 0.1) is 5.82 Å². The normalized spacial score (nSPS) is 22.2. The molecule has 0 spiro atoms. The minimum absolute atomic E-state index is 0. The molecule has 0 aliphatic carbocycles. The van der Waals surface area contributed by atoms with E-state index in [0.717, 1.165) is 30.2 Å². The Hall–Kier alpha value is -0.740. The van der Waals surface area contributed by atoms with Gasteiger partial charge in [0.1, 0.15) is 11.6 Å². The lowest BCUT2D eigenvalue weighted by molar-refractivity contribution is -0.0172. The van der Waals surface area contributed by atoms with Crippen molar-refractivity contribution in [3.8, 4) is 5.75 Å². The molecule has 0 aromatic heterocycles. The van der Waals surface area contributed by atoms with Crippen molar-refractivity contribution in [1.29, 1.82) is 0 Å². The number of fused-ring (bicyclic) bond motifs is 1. The zero-order valence-corrected chi connectivity index (χ0v) is 18.4. The second-order valence-corrected chi connectivity index (χ2v) is 8.30. The van der Waals surface area contributed by atoms with Gasteiger partial charge in [-0.1, -0.05) is 0 Å². The number of nitrogens with zero attached hydrogens (tertiary/aromatic N) is 1. The van der Waals surface area contributed by atoms with Gasteiger partial charge in [0.25, 0.3) is 0 Å². The number of nitrogens with one attached hydrogen (secondary N) is 2. The molecule has 1 unspecified atom stereocenters. The van der Waals surface area contributed by atoms with Gasteiger partial charge < -0.3 is 20.1 Å². The summed E-state index contributed by atoms with van der Waals surface area (Å²) in [6.45, 7) is 6.91. The first-order chi connectivity index (χ1) is 12.1. The van der Waals surface area contributed by atoms with Gasteiger partial charge in [0, 0.05) is 29.0 Å². The van der Waals surface area contributed by atoms with Crippen LogP contribution in [-0.2, 0) is 17.9 Å². The van der Waals surface area contributed by atoms with E-state index in [9.17, 15) is 4.39 Å². The smallest absolute Gasteiger partial charge is 0.191 e. The zero-order chi connectivity index (χ0) is 17.7. The molecule has 0 saturated carbocycles. The number of thioether (sulfide) groups is 1. The van der Waals surface area contributed by atoms with Crippen LogP contribution < -0.4 is 15.4 Å². The van der Waals surface area contributed by atoms with Crippen molar-refractivity contribution in [2.24, 2.45) is 4.99 Å².